The van der Waals surface area contributed by atoms with Crippen LogP contribution in [0.4, 0.5) is 0 Å². The second-order valence-corrected chi connectivity index (χ2v) is 8.28. The zero-order chi connectivity index (χ0) is 18.1. The van der Waals surface area contributed by atoms with Crippen molar-refractivity contribution in [2.45, 2.75) is 43.0 Å². The van der Waals surface area contributed by atoms with E-state index in [1.165, 1.54) is 12.5 Å². The van der Waals surface area contributed by atoms with Gasteiger partial charge in [-0.25, -0.2) is 8.42 Å². The van der Waals surface area contributed by atoms with Gasteiger partial charge in [-0.1, -0.05) is 36.4 Å². The molecule has 2 aromatic rings. The Morgan fingerprint density at radius 1 is 1.04 bits per heavy atom. The van der Waals surface area contributed by atoms with Crippen LogP contribution in [0.5, 0.6) is 0 Å². The molecule has 0 spiro atoms. The van der Waals surface area contributed by atoms with Crippen molar-refractivity contribution in [1.82, 2.24) is 4.72 Å². The first kappa shape index (κ1) is 17.6. The predicted molar refractivity (Wildman–Crippen MR) is 96.4 cm³/mol. The molecule has 0 aromatic heterocycles. The Kier molecular flexibility index (Phi) is 4.67. The Bertz CT molecular complexity index is 894. The first-order valence-corrected chi connectivity index (χ1v) is 9.82. The lowest BCUT2D eigenvalue weighted by Gasteiger charge is -2.28. The third kappa shape index (κ3) is 3.45. The van der Waals surface area contributed by atoms with E-state index in [2.05, 4.69) is 4.72 Å². The molecule has 0 saturated heterocycles. The molecule has 1 aliphatic rings. The molecule has 25 heavy (non-hydrogen) atoms. The summed E-state index contributed by atoms with van der Waals surface area (Å²) in [5, 5.41) is 0. The Morgan fingerprint density at radius 3 is 2.32 bits per heavy atom. The summed E-state index contributed by atoms with van der Waals surface area (Å²) in [6.45, 7) is 1.49. The molecule has 132 valence electrons. The molecule has 0 heterocycles. The highest BCUT2D eigenvalue weighted by Crippen LogP contribution is 2.27. The maximum atomic E-state index is 12.9. The van der Waals surface area contributed by atoms with E-state index in [4.69, 9.17) is 5.73 Å². The van der Waals surface area contributed by atoms with E-state index >= 15 is 0 Å². The van der Waals surface area contributed by atoms with E-state index in [-0.39, 0.29) is 4.90 Å². The largest absolute Gasteiger partial charge is 0.368 e. The molecule has 1 aliphatic carbocycles. The van der Waals surface area contributed by atoms with Gasteiger partial charge in [0, 0.05) is 0 Å². The minimum atomic E-state index is -3.90. The summed E-state index contributed by atoms with van der Waals surface area (Å²) in [6.07, 6.45) is 4.05. The number of nitrogens with one attached hydrogen (secondary N) is 1. The molecule has 3 rings (SSSR count). The molecule has 2 aromatic carbocycles. The van der Waals surface area contributed by atoms with Gasteiger partial charge in [0.1, 0.15) is 5.54 Å². The molecule has 0 bridgehead atoms. The van der Waals surface area contributed by atoms with Crippen molar-refractivity contribution in [3.05, 3.63) is 65.2 Å². The van der Waals surface area contributed by atoms with Gasteiger partial charge >= 0.3 is 0 Å². The van der Waals surface area contributed by atoms with Crippen molar-refractivity contribution in [1.29, 1.82) is 0 Å². The van der Waals surface area contributed by atoms with Crippen LogP contribution in [0.1, 0.15) is 36.5 Å². The topological polar surface area (TPSA) is 89.3 Å². The second kappa shape index (κ2) is 6.61. The van der Waals surface area contributed by atoms with Crippen LogP contribution in [-0.2, 0) is 33.2 Å². The SMILES string of the molecule is CC(NS(=O)(=O)c1ccc2c(c1)CCCC2)(C(N)=O)c1ccccc1. The molecule has 0 aliphatic heterocycles. The van der Waals surface area contributed by atoms with Crippen molar-refractivity contribution in [3.63, 3.8) is 0 Å². The van der Waals surface area contributed by atoms with Crippen LogP contribution in [0, 0.1) is 0 Å². The van der Waals surface area contributed by atoms with E-state index in [1.807, 2.05) is 6.07 Å². The number of benzene rings is 2. The van der Waals surface area contributed by atoms with E-state index in [9.17, 15) is 13.2 Å². The number of nitrogens with two attached hydrogens (primary N) is 1. The standard InChI is InChI=1S/C19H22N2O3S/c1-19(18(20)22,16-9-3-2-4-10-16)21-25(23,24)17-12-11-14-7-5-6-8-15(14)13-17/h2-4,9-13,21H,5-8H2,1H3,(H2,20,22). The lowest BCUT2D eigenvalue weighted by atomic mass is 9.92. The molecule has 1 unspecified atom stereocenters. The minimum Gasteiger partial charge on any atom is -0.368 e. The van der Waals surface area contributed by atoms with Crippen LogP contribution in [0.3, 0.4) is 0 Å². The van der Waals surface area contributed by atoms with E-state index in [0.29, 0.717) is 5.56 Å². The fraction of sp³-hybridized carbons (Fsp3) is 0.316. The number of carbonyl (C=O) groups is 1. The highest BCUT2D eigenvalue weighted by atomic mass is 32.2. The maximum absolute atomic E-state index is 12.9. The summed E-state index contributed by atoms with van der Waals surface area (Å²) < 4.78 is 28.3. The minimum absolute atomic E-state index is 0.163. The van der Waals surface area contributed by atoms with Gasteiger partial charge in [-0.2, -0.15) is 4.72 Å². The average Bonchev–Trinajstić information content (AvgIpc) is 2.61. The van der Waals surface area contributed by atoms with Crippen molar-refractivity contribution in [3.8, 4) is 0 Å². The number of hydrogen-bond donors (Lipinski definition) is 2. The van der Waals surface area contributed by atoms with Gasteiger partial charge in [0.15, 0.2) is 0 Å². The van der Waals surface area contributed by atoms with Gasteiger partial charge in [-0.3, -0.25) is 4.79 Å². The monoisotopic (exact) mass is 358 g/mol. The number of fused-ring (bicyclic) bond motifs is 1. The Hall–Kier alpha value is -2.18. The van der Waals surface area contributed by atoms with Crippen LogP contribution in [0.2, 0.25) is 0 Å². The Labute approximate surface area is 148 Å². The molecule has 0 radical (unpaired) electrons. The summed E-state index contributed by atoms with van der Waals surface area (Å²) in [7, 11) is -3.90. The average molecular weight is 358 g/mol. The van der Waals surface area contributed by atoms with Crippen LogP contribution in [0.25, 0.3) is 0 Å². The highest BCUT2D eigenvalue weighted by Gasteiger charge is 2.38. The fourth-order valence-corrected chi connectivity index (χ4v) is 4.65. The van der Waals surface area contributed by atoms with E-state index in [1.54, 1.807) is 42.5 Å². The number of carbonyl (C=O) groups excluding carboxylic acids is 1. The molecular weight excluding hydrogens is 336 g/mol. The smallest absolute Gasteiger partial charge is 0.243 e. The molecule has 1 amide bonds. The first-order valence-electron chi connectivity index (χ1n) is 8.34. The molecule has 3 N–H and O–H groups in total. The van der Waals surface area contributed by atoms with Crippen molar-refractivity contribution in [2.75, 3.05) is 0 Å². The quantitative estimate of drug-likeness (QED) is 0.859. The van der Waals surface area contributed by atoms with Gasteiger partial charge in [-0.05, 0) is 61.4 Å². The van der Waals surface area contributed by atoms with Crippen LogP contribution in [-0.4, -0.2) is 14.3 Å². The van der Waals surface area contributed by atoms with Crippen molar-refractivity contribution in [2.24, 2.45) is 5.73 Å². The Balaban J connectivity index is 1.98. The number of aryl methyl sites for hydroxylation is 2. The number of hydrogen-bond acceptors (Lipinski definition) is 3. The summed E-state index contributed by atoms with van der Waals surface area (Å²) in [6, 6.07) is 13.8. The van der Waals surface area contributed by atoms with Gasteiger partial charge < -0.3 is 5.73 Å². The lowest BCUT2D eigenvalue weighted by Crippen LogP contribution is -2.52. The third-order valence-electron chi connectivity index (χ3n) is 4.81. The van der Waals surface area contributed by atoms with E-state index in [0.717, 1.165) is 31.2 Å². The van der Waals surface area contributed by atoms with Crippen molar-refractivity contribution < 1.29 is 13.2 Å². The van der Waals surface area contributed by atoms with Gasteiger partial charge in [-0.15, -0.1) is 0 Å². The first-order chi connectivity index (χ1) is 11.8. The third-order valence-corrected chi connectivity index (χ3v) is 6.36. The maximum Gasteiger partial charge on any atom is 0.243 e. The molecular formula is C19H22N2O3S. The summed E-state index contributed by atoms with van der Waals surface area (Å²) in [5.74, 6) is -0.750. The summed E-state index contributed by atoms with van der Waals surface area (Å²) in [5.41, 5.74) is 6.78. The number of primary amides is 1. The number of sulfonamides is 1. The van der Waals surface area contributed by atoms with Gasteiger partial charge in [0.2, 0.25) is 15.9 Å². The molecule has 1 atom stereocenters. The van der Waals surface area contributed by atoms with E-state index < -0.39 is 21.5 Å². The zero-order valence-corrected chi connectivity index (χ0v) is 15.0. The van der Waals surface area contributed by atoms with Gasteiger partial charge in [0.05, 0.1) is 4.90 Å². The Morgan fingerprint density at radius 2 is 1.68 bits per heavy atom. The molecule has 6 heteroatoms. The lowest BCUT2D eigenvalue weighted by molar-refractivity contribution is -0.123. The highest BCUT2D eigenvalue weighted by molar-refractivity contribution is 7.89. The van der Waals surface area contributed by atoms with Crippen LogP contribution >= 0.6 is 0 Å². The van der Waals surface area contributed by atoms with Crippen LogP contribution < -0.4 is 10.5 Å². The summed E-state index contributed by atoms with van der Waals surface area (Å²) in [4.78, 5) is 12.2. The fourth-order valence-electron chi connectivity index (χ4n) is 3.23. The normalized spacial score (nSPS) is 16.7. The van der Waals surface area contributed by atoms with Crippen molar-refractivity contribution >= 4 is 15.9 Å². The number of rotatable bonds is 5. The molecule has 0 fully saturated rings. The molecule has 5 nitrogen and oxygen atoms in total. The second-order valence-electron chi connectivity index (χ2n) is 6.60. The van der Waals surface area contributed by atoms with Gasteiger partial charge in [0.25, 0.3) is 0 Å². The van der Waals surface area contributed by atoms with Crippen LogP contribution in [0.15, 0.2) is 53.4 Å². The predicted octanol–water partition coefficient (Wildman–Crippen LogP) is 2.24. The summed E-state index contributed by atoms with van der Waals surface area (Å²) >= 11 is 0. The molecule has 0 saturated carbocycles. The number of amides is 1. The zero-order valence-electron chi connectivity index (χ0n) is 14.2.